The highest BCUT2D eigenvalue weighted by Crippen LogP contribution is 2.59. The molecule has 3 aromatic rings. The molecule has 2 aromatic carbocycles. The van der Waals surface area contributed by atoms with Crippen LogP contribution in [0.2, 0.25) is 0 Å². The second kappa shape index (κ2) is 5.93. The first kappa shape index (κ1) is 16.5. The minimum Gasteiger partial charge on any atom is -0.480 e. The summed E-state index contributed by atoms with van der Waals surface area (Å²) in [7, 11) is -4.02. The predicted molar refractivity (Wildman–Crippen MR) is 93.5 cm³/mol. The summed E-state index contributed by atoms with van der Waals surface area (Å²) in [5.74, 6) is -1.30. The smallest absolute Gasteiger partial charge is 0.324 e. The van der Waals surface area contributed by atoms with Gasteiger partial charge in [-0.2, -0.15) is 0 Å². The first-order valence-electron chi connectivity index (χ1n) is 7.50. The fourth-order valence-electron chi connectivity index (χ4n) is 3.16. The average molecular weight is 343 g/mol. The fraction of sp³-hybridized carbons (Fsp3) is 0.167. The molecule has 0 spiro atoms. The Morgan fingerprint density at radius 2 is 1.83 bits per heavy atom. The van der Waals surface area contributed by atoms with E-state index in [1.54, 1.807) is 42.6 Å². The van der Waals surface area contributed by atoms with Crippen molar-refractivity contribution in [1.82, 2.24) is 4.98 Å². The maximum Gasteiger partial charge on any atom is 0.324 e. The van der Waals surface area contributed by atoms with E-state index in [-0.39, 0.29) is 6.42 Å². The van der Waals surface area contributed by atoms with E-state index in [1.807, 2.05) is 18.2 Å². The van der Waals surface area contributed by atoms with Gasteiger partial charge in [-0.05, 0) is 23.3 Å². The number of aliphatic carboxylic acids is 1. The largest absolute Gasteiger partial charge is 0.480 e. The number of aromatic amines is 1. The van der Waals surface area contributed by atoms with E-state index >= 15 is 0 Å². The van der Waals surface area contributed by atoms with Gasteiger partial charge >= 0.3 is 5.97 Å². The van der Waals surface area contributed by atoms with Crippen LogP contribution in [0, 0.1) is 0 Å². The number of aromatic nitrogens is 1. The number of benzene rings is 2. The van der Waals surface area contributed by atoms with Crippen LogP contribution in [0.3, 0.4) is 0 Å². The van der Waals surface area contributed by atoms with Crippen LogP contribution < -0.4 is 0 Å². The number of carboxylic acid groups (broad SMARTS) is 1. The zero-order valence-corrected chi connectivity index (χ0v) is 14.0. The highest BCUT2D eigenvalue weighted by Gasteiger charge is 2.52. The SMILES string of the molecule is CP(=O)(O)C(Cc1cccc2[nH]ccc12)(C(=O)O)c1ccccc1. The lowest BCUT2D eigenvalue weighted by Gasteiger charge is -2.32. The Bertz CT molecular complexity index is 928. The van der Waals surface area contributed by atoms with E-state index in [0.717, 1.165) is 23.1 Å². The standard InChI is InChI=1S/C18H18NO4P/c1-24(22,23)18(17(20)21,14-7-3-2-4-8-14)12-13-6-5-9-16-15(13)10-11-19-16/h2-11,19H,12H2,1H3,(H,20,21)(H,22,23). The van der Waals surface area contributed by atoms with Crippen LogP contribution in [-0.2, 0) is 20.9 Å². The van der Waals surface area contributed by atoms with Crippen LogP contribution in [0.5, 0.6) is 0 Å². The lowest BCUT2D eigenvalue weighted by Crippen LogP contribution is -2.38. The number of hydrogen-bond donors (Lipinski definition) is 3. The molecule has 124 valence electrons. The molecule has 0 aliphatic heterocycles. The van der Waals surface area contributed by atoms with Crippen molar-refractivity contribution >= 4 is 24.2 Å². The molecule has 0 saturated carbocycles. The number of nitrogens with one attached hydrogen (secondary N) is 1. The molecule has 1 heterocycles. The van der Waals surface area contributed by atoms with Crippen LogP contribution in [0.15, 0.2) is 60.8 Å². The Hall–Kier alpha value is -2.36. The molecule has 0 aliphatic rings. The Labute approximate surface area is 139 Å². The third-order valence-corrected chi connectivity index (χ3v) is 6.47. The maximum atomic E-state index is 12.7. The van der Waals surface area contributed by atoms with Gasteiger partial charge in [0.25, 0.3) is 0 Å². The summed E-state index contributed by atoms with van der Waals surface area (Å²) in [5, 5.41) is 8.92. The highest BCUT2D eigenvalue weighted by molar-refractivity contribution is 7.59. The van der Waals surface area contributed by atoms with Crippen molar-refractivity contribution < 1.29 is 19.4 Å². The van der Waals surface area contributed by atoms with Crippen LogP contribution in [0.1, 0.15) is 11.1 Å². The van der Waals surface area contributed by atoms with Crippen LogP contribution in [-0.4, -0.2) is 27.6 Å². The third kappa shape index (κ3) is 2.56. The van der Waals surface area contributed by atoms with E-state index in [4.69, 9.17) is 0 Å². The van der Waals surface area contributed by atoms with Gasteiger partial charge in [0.2, 0.25) is 7.37 Å². The summed E-state index contributed by atoms with van der Waals surface area (Å²) in [6.45, 7) is 1.12. The van der Waals surface area contributed by atoms with Gasteiger partial charge in [-0.1, -0.05) is 42.5 Å². The van der Waals surface area contributed by atoms with E-state index < -0.39 is 18.5 Å². The van der Waals surface area contributed by atoms with Crippen molar-refractivity contribution in [3.63, 3.8) is 0 Å². The summed E-state index contributed by atoms with van der Waals surface area (Å²) in [5.41, 5.74) is 1.92. The van der Waals surface area contributed by atoms with Crippen LogP contribution >= 0.6 is 7.37 Å². The summed E-state index contributed by atoms with van der Waals surface area (Å²) in [4.78, 5) is 25.7. The molecule has 3 rings (SSSR count). The van der Waals surface area contributed by atoms with Gasteiger partial charge in [-0.3, -0.25) is 9.36 Å². The van der Waals surface area contributed by atoms with Crippen LogP contribution in [0.25, 0.3) is 10.9 Å². The van der Waals surface area contributed by atoms with Gasteiger partial charge in [0.05, 0.1) is 0 Å². The number of carboxylic acids is 1. The van der Waals surface area contributed by atoms with Gasteiger partial charge in [-0.25, -0.2) is 0 Å². The number of fused-ring (bicyclic) bond motifs is 1. The molecule has 3 N–H and O–H groups in total. The second-order valence-electron chi connectivity index (χ2n) is 5.94. The predicted octanol–water partition coefficient (Wildman–Crippen LogP) is 3.59. The zero-order valence-electron chi connectivity index (χ0n) is 13.1. The lowest BCUT2D eigenvalue weighted by atomic mass is 9.89. The second-order valence-corrected chi connectivity index (χ2v) is 8.47. The average Bonchev–Trinajstić information content (AvgIpc) is 3.01. The molecule has 24 heavy (non-hydrogen) atoms. The fourth-order valence-corrected chi connectivity index (χ4v) is 4.61. The number of hydrogen-bond acceptors (Lipinski definition) is 2. The molecule has 0 fully saturated rings. The first-order chi connectivity index (χ1) is 11.4. The van der Waals surface area contributed by atoms with Crippen molar-refractivity contribution in [2.75, 3.05) is 6.66 Å². The Morgan fingerprint density at radius 1 is 1.12 bits per heavy atom. The molecule has 2 unspecified atom stereocenters. The van der Waals surface area contributed by atoms with Crippen molar-refractivity contribution in [3.05, 3.63) is 71.9 Å². The summed E-state index contributed by atoms with van der Waals surface area (Å²) in [6, 6.07) is 15.6. The van der Waals surface area contributed by atoms with Crippen molar-refractivity contribution in [3.8, 4) is 0 Å². The molecule has 5 nitrogen and oxygen atoms in total. The van der Waals surface area contributed by atoms with E-state index in [1.165, 1.54) is 0 Å². The molecule has 0 saturated heterocycles. The molecular formula is C18H18NO4P. The zero-order chi connectivity index (χ0) is 17.4. The molecule has 1 aromatic heterocycles. The van der Waals surface area contributed by atoms with Crippen LogP contribution in [0.4, 0.5) is 0 Å². The van der Waals surface area contributed by atoms with E-state index in [2.05, 4.69) is 4.98 Å². The maximum absolute atomic E-state index is 12.7. The summed E-state index contributed by atoms with van der Waals surface area (Å²) in [6.07, 6.45) is 1.70. The molecule has 0 aliphatic carbocycles. The first-order valence-corrected chi connectivity index (χ1v) is 9.61. The lowest BCUT2D eigenvalue weighted by molar-refractivity contribution is -0.140. The molecule has 0 radical (unpaired) electrons. The minimum absolute atomic E-state index is 0.0637. The van der Waals surface area contributed by atoms with Crippen molar-refractivity contribution in [1.29, 1.82) is 0 Å². The van der Waals surface area contributed by atoms with Crippen molar-refractivity contribution in [2.45, 2.75) is 11.6 Å². The van der Waals surface area contributed by atoms with Gasteiger partial charge in [-0.15, -0.1) is 0 Å². The monoisotopic (exact) mass is 343 g/mol. The molecule has 0 bridgehead atoms. The quantitative estimate of drug-likeness (QED) is 0.618. The number of rotatable bonds is 5. The number of carbonyl (C=O) groups is 1. The Balaban J connectivity index is 2.24. The van der Waals surface area contributed by atoms with E-state index in [9.17, 15) is 19.4 Å². The normalized spacial score (nSPS) is 16.4. The van der Waals surface area contributed by atoms with Gasteiger partial charge in [0, 0.05) is 30.2 Å². The Morgan fingerprint density at radius 3 is 2.46 bits per heavy atom. The summed E-state index contributed by atoms with van der Waals surface area (Å²) >= 11 is 0. The summed E-state index contributed by atoms with van der Waals surface area (Å²) < 4.78 is 12.7. The Kier molecular flexibility index (Phi) is 4.08. The molecular weight excluding hydrogens is 325 g/mol. The van der Waals surface area contributed by atoms with Gasteiger partial charge in [0.1, 0.15) is 0 Å². The van der Waals surface area contributed by atoms with E-state index in [0.29, 0.717) is 5.56 Å². The van der Waals surface area contributed by atoms with Gasteiger partial charge in [0.15, 0.2) is 5.16 Å². The van der Waals surface area contributed by atoms with Crippen molar-refractivity contribution in [2.24, 2.45) is 0 Å². The molecule has 6 heteroatoms. The molecule has 2 atom stereocenters. The van der Waals surface area contributed by atoms with Gasteiger partial charge < -0.3 is 15.0 Å². The number of H-pyrrole nitrogens is 1. The topological polar surface area (TPSA) is 90.4 Å². The molecule has 0 amide bonds. The third-order valence-electron chi connectivity index (χ3n) is 4.44. The highest BCUT2D eigenvalue weighted by atomic mass is 31.2. The minimum atomic E-state index is -4.02.